The van der Waals surface area contributed by atoms with Crippen LogP contribution in [-0.2, 0) is 9.84 Å². The fourth-order valence-electron chi connectivity index (χ4n) is 5.17. The minimum absolute atomic E-state index is 0.0484. The molecule has 202 valence electrons. The summed E-state index contributed by atoms with van der Waals surface area (Å²) in [5.41, 5.74) is 3.17. The molecule has 0 amide bonds. The van der Waals surface area contributed by atoms with Crippen molar-refractivity contribution >= 4 is 31.7 Å². The number of anilines is 1. The second-order valence-electron chi connectivity index (χ2n) is 9.70. The Labute approximate surface area is 243 Å². The van der Waals surface area contributed by atoms with Crippen LogP contribution in [0.15, 0.2) is 134 Å². The third kappa shape index (κ3) is 5.35. The topological polar surface area (TPSA) is 66.7 Å². The van der Waals surface area contributed by atoms with Crippen LogP contribution in [-0.4, -0.2) is 44.5 Å². The molecule has 0 atom stereocenters. The summed E-state index contributed by atoms with van der Waals surface area (Å²) in [5, 5.41) is -0.0484. The lowest BCUT2D eigenvalue weighted by molar-refractivity contribution is 0.209. The van der Waals surface area contributed by atoms with E-state index in [2.05, 4.69) is 74.3 Å². The van der Waals surface area contributed by atoms with Crippen LogP contribution < -0.4 is 4.90 Å². The first kappa shape index (κ1) is 26.5. The lowest BCUT2D eigenvalue weighted by Crippen LogP contribution is -2.48. The fraction of sp³-hybridized carbons (Fsp3) is 0.156. The molecule has 2 heterocycles. The van der Waals surface area contributed by atoms with Gasteiger partial charge in [0.25, 0.3) is 0 Å². The number of rotatable bonds is 7. The van der Waals surface area contributed by atoms with Gasteiger partial charge in [-0.2, -0.15) is 4.98 Å². The van der Waals surface area contributed by atoms with Crippen molar-refractivity contribution in [3.63, 3.8) is 0 Å². The molecule has 40 heavy (non-hydrogen) atoms. The molecule has 0 N–H and O–H groups in total. The molecule has 0 aliphatic carbocycles. The molecule has 0 unspecified atom stereocenters. The molecule has 6 nitrogen and oxygen atoms in total. The van der Waals surface area contributed by atoms with E-state index in [4.69, 9.17) is 4.42 Å². The first-order chi connectivity index (χ1) is 19.5. The zero-order chi connectivity index (χ0) is 27.5. The lowest BCUT2D eigenvalue weighted by Gasteiger charge is -2.39. The standard InChI is InChI=1S/C32H28BrN3O3S/c33-27-18-16-26(17-19-27)30-34-31(40(37,38)28-14-8-3-9-15-28)32(39-30)36-22-20-35(21-23-36)29(24-10-4-1-5-11-24)25-12-6-2-7-13-25/h1-19,29H,20-23H2. The van der Waals surface area contributed by atoms with Crippen molar-refractivity contribution in [1.29, 1.82) is 0 Å². The summed E-state index contributed by atoms with van der Waals surface area (Å²) in [5.74, 6) is 0.572. The molecule has 5 aromatic rings. The van der Waals surface area contributed by atoms with Crippen LogP contribution in [0.2, 0.25) is 0 Å². The Kier molecular flexibility index (Phi) is 7.56. The number of piperazine rings is 1. The maximum absolute atomic E-state index is 13.8. The average molecular weight is 615 g/mol. The van der Waals surface area contributed by atoms with E-state index >= 15 is 0 Å². The van der Waals surface area contributed by atoms with Gasteiger partial charge in [-0.1, -0.05) is 94.8 Å². The summed E-state index contributed by atoms with van der Waals surface area (Å²) in [6, 6.07) is 37.0. The number of sulfone groups is 1. The Morgan fingerprint density at radius 2 is 1.23 bits per heavy atom. The first-order valence-corrected chi connectivity index (χ1v) is 15.4. The molecule has 8 heteroatoms. The molecular formula is C32H28BrN3O3S. The molecule has 1 aliphatic heterocycles. The van der Waals surface area contributed by atoms with Crippen molar-refractivity contribution in [2.45, 2.75) is 16.0 Å². The average Bonchev–Trinajstić information content (AvgIpc) is 3.46. The summed E-state index contributed by atoms with van der Waals surface area (Å²) in [6.07, 6.45) is 0. The van der Waals surface area contributed by atoms with Gasteiger partial charge in [-0.3, -0.25) is 4.90 Å². The van der Waals surface area contributed by atoms with Gasteiger partial charge in [0.15, 0.2) is 0 Å². The Morgan fingerprint density at radius 3 is 1.77 bits per heavy atom. The van der Waals surface area contributed by atoms with E-state index in [-0.39, 0.29) is 27.7 Å². The van der Waals surface area contributed by atoms with Crippen LogP contribution in [0.1, 0.15) is 17.2 Å². The van der Waals surface area contributed by atoms with Crippen LogP contribution in [0, 0.1) is 0 Å². The Hall–Kier alpha value is -3.72. The highest BCUT2D eigenvalue weighted by Crippen LogP contribution is 2.37. The number of oxazole rings is 1. The van der Waals surface area contributed by atoms with Gasteiger partial charge >= 0.3 is 0 Å². The second kappa shape index (κ2) is 11.4. The smallest absolute Gasteiger partial charge is 0.236 e. The van der Waals surface area contributed by atoms with E-state index in [1.54, 1.807) is 30.3 Å². The third-order valence-corrected chi connectivity index (χ3v) is 9.37. The zero-order valence-electron chi connectivity index (χ0n) is 21.7. The van der Waals surface area contributed by atoms with Gasteiger partial charge in [-0.15, -0.1) is 0 Å². The van der Waals surface area contributed by atoms with Gasteiger partial charge in [-0.05, 0) is 47.5 Å². The monoisotopic (exact) mass is 613 g/mol. The van der Waals surface area contributed by atoms with Crippen LogP contribution in [0.25, 0.3) is 11.5 Å². The number of halogens is 1. The zero-order valence-corrected chi connectivity index (χ0v) is 24.1. The molecule has 0 bridgehead atoms. The molecular weight excluding hydrogens is 586 g/mol. The highest BCUT2D eigenvalue weighted by Gasteiger charge is 2.34. The van der Waals surface area contributed by atoms with Crippen LogP contribution in [0.5, 0.6) is 0 Å². The predicted molar refractivity (Wildman–Crippen MR) is 160 cm³/mol. The number of hydrogen-bond acceptors (Lipinski definition) is 6. The maximum atomic E-state index is 13.8. The number of aromatic nitrogens is 1. The van der Waals surface area contributed by atoms with Crippen molar-refractivity contribution in [1.82, 2.24) is 9.88 Å². The summed E-state index contributed by atoms with van der Waals surface area (Å²) < 4.78 is 34.7. The fourth-order valence-corrected chi connectivity index (χ4v) is 6.77. The minimum Gasteiger partial charge on any atom is -0.419 e. The van der Waals surface area contributed by atoms with Gasteiger partial charge < -0.3 is 9.32 Å². The Morgan fingerprint density at radius 1 is 0.700 bits per heavy atom. The second-order valence-corrected chi connectivity index (χ2v) is 12.5. The minimum atomic E-state index is -3.90. The number of nitrogens with zero attached hydrogens (tertiary/aromatic N) is 3. The third-order valence-electron chi connectivity index (χ3n) is 7.18. The van der Waals surface area contributed by atoms with Crippen LogP contribution >= 0.6 is 15.9 Å². The van der Waals surface area contributed by atoms with Gasteiger partial charge in [0.05, 0.1) is 10.9 Å². The van der Waals surface area contributed by atoms with Gasteiger partial charge in [0, 0.05) is 36.2 Å². The Bertz CT molecular complexity index is 1630. The molecule has 1 aromatic heterocycles. The molecule has 1 saturated heterocycles. The quantitative estimate of drug-likeness (QED) is 0.200. The van der Waals surface area contributed by atoms with Crippen molar-refractivity contribution in [3.8, 4) is 11.5 Å². The summed E-state index contributed by atoms with van der Waals surface area (Å²) in [4.78, 5) is 9.20. The summed E-state index contributed by atoms with van der Waals surface area (Å²) in [6.45, 7) is 2.66. The van der Waals surface area contributed by atoms with Crippen molar-refractivity contribution in [3.05, 3.63) is 131 Å². The molecule has 1 fully saturated rings. The predicted octanol–water partition coefficient (Wildman–Crippen LogP) is 6.85. The molecule has 0 saturated carbocycles. The first-order valence-electron chi connectivity index (χ1n) is 13.2. The van der Waals surface area contributed by atoms with Crippen molar-refractivity contribution in [2.75, 3.05) is 31.1 Å². The summed E-state index contributed by atoms with van der Waals surface area (Å²) in [7, 11) is -3.90. The van der Waals surface area contributed by atoms with E-state index in [1.165, 1.54) is 11.1 Å². The lowest BCUT2D eigenvalue weighted by atomic mass is 9.96. The Balaban J connectivity index is 1.33. The van der Waals surface area contributed by atoms with Gasteiger partial charge in [0.2, 0.25) is 26.6 Å². The molecule has 6 rings (SSSR count). The van der Waals surface area contributed by atoms with Crippen molar-refractivity contribution in [2.24, 2.45) is 0 Å². The molecule has 4 aromatic carbocycles. The van der Waals surface area contributed by atoms with Gasteiger partial charge in [-0.25, -0.2) is 8.42 Å². The van der Waals surface area contributed by atoms with Crippen LogP contribution in [0.4, 0.5) is 5.88 Å². The number of benzene rings is 4. The van der Waals surface area contributed by atoms with E-state index in [9.17, 15) is 8.42 Å². The molecule has 0 spiro atoms. The normalized spacial score (nSPS) is 14.5. The van der Waals surface area contributed by atoms with Crippen LogP contribution in [0.3, 0.4) is 0 Å². The van der Waals surface area contributed by atoms with E-state index in [1.807, 2.05) is 41.3 Å². The van der Waals surface area contributed by atoms with E-state index < -0.39 is 9.84 Å². The van der Waals surface area contributed by atoms with Crippen molar-refractivity contribution < 1.29 is 12.8 Å². The molecule has 0 radical (unpaired) electrons. The summed E-state index contributed by atoms with van der Waals surface area (Å²) >= 11 is 3.45. The van der Waals surface area contributed by atoms with E-state index in [0.29, 0.717) is 18.7 Å². The number of hydrogen-bond donors (Lipinski definition) is 0. The largest absolute Gasteiger partial charge is 0.419 e. The highest BCUT2D eigenvalue weighted by atomic mass is 79.9. The highest BCUT2D eigenvalue weighted by molar-refractivity contribution is 9.10. The molecule has 1 aliphatic rings. The maximum Gasteiger partial charge on any atom is 0.236 e. The SMILES string of the molecule is O=S(=O)(c1ccccc1)c1nc(-c2ccc(Br)cc2)oc1N1CCN(C(c2ccccc2)c2ccccc2)CC1. The van der Waals surface area contributed by atoms with E-state index in [0.717, 1.165) is 17.6 Å². The van der Waals surface area contributed by atoms with Gasteiger partial charge in [0.1, 0.15) is 0 Å².